The number of ether oxygens (including phenoxy) is 1. The van der Waals surface area contributed by atoms with E-state index in [0.717, 1.165) is 17.4 Å². The molecule has 3 aliphatic rings. The van der Waals surface area contributed by atoms with Crippen molar-refractivity contribution >= 4 is 0 Å². The SMILES string of the molecule is C[C@]1(c2ccccc2)OO[C@@](C)(C2CC3CCCC(C3)C2)O1. The lowest BCUT2D eigenvalue weighted by atomic mass is 9.66. The molecule has 0 amide bonds. The van der Waals surface area contributed by atoms with Crippen LogP contribution < -0.4 is 0 Å². The third-order valence-electron chi connectivity index (χ3n) is 5.93. The van der Waals surface area contributed by atoms with Crippen molar-refractivity contribution in [2.45, 2.75) is 63.9 Å². The van der Waals surface area contributed by atoms with Crippen LogP contribution in [0.3, 0.4) is 0 Å². The number of fused-ring (bicyclic) bond motifs is 2. The van der Waals surface area contributed by atoms with Crippen LogP contribution in [0.5, 0.6) is 0 Å². The maximum atomic E-state index is 6.38. The second-order valence-corrected chi connectivity index (χ2v) is 7.66. The van der Waals surface area contributed by atoms with Crippen LogP contribution in [0.4, 0.5) is 0 Å². The molecule has 3 nitrogen and oxygen atoms in total. The number of rotatable bonds is 2. The van der Waals surface area contributed by atoms with E-state index < -0.39 is 11.6 Å². The van der Waals surface area contributed by atoms with Gasteiger partial charge in [0.1, 0.15) is 0 Å². The lowest BCUT2D eigenvalue weighted by molar-refractivity contribution is -0.358. The zero-order chi connectivity index (χ0) is 15.2. The summed E-state index contributed by atoms with van der Waals surface area (Å²) in [7, 11) is 0. The lowest BCUT2D eigenvalue weighted by Gasteiger charge is -2.43. The fraction of sp³-hybridized carbons (Fsp3) is 0.684. The predicted octanol–water partition coefficient (Wildman–Crippen LogP) is 4.77. The molecule has 2 bridgehead atoms. The van der Waals surface area contributed by atoms with Crippen LogP contribution in [0.25, 0.3) is 0 Å². The van der Waals surface area contributed by atoms with E-state index in [-0.39, 0.29) is 0 Å². The highest BCUT2D eigenvalue weighted by atomic mass is 17.3. The lowest BCUT2D eigenvalue weighted by Crippen LogP contribution is -2.43. The quantitative estimate of drug-likeness (QED) is 0.736. The van der Waals surface area contributed by atoms with Crippen LogP contribution >= 0.6 is 0 Å². The van der Waals surface area contributed by atoms with Gasteiger partial charge in [0.25, 0.3) is 0 Å². The summed E-state index contributed by atoms with van der Waals surface area (Å²) in [4.78, 5) is 11.5. The van der Waals surface area contributed by atoms with E-state index in [2.05, 4.69) is 6.92 Å². The van der Waals surface area contributed by atoms with E-state index in [1.165, 1.54) is 38.5 Å². The molecule has 0 spiro atoms. The van der Waals surface area contributed by atoms with Crippen molar-refractivity contribution in [2.24, 2.45) is 17.8 Å². The molecule has 1 aromatic carbocycles. The fourth-order valence-corrected chi connectivity index (χ4v) is 4.74. The van der Waals surface area contributed by atoms with Crippen LogP contribution in [0.2, 0.25) is 0 Å². The topological polar surface area (TPSA) is 27.7 Å². The minimum Gasteiger partial charge on any atom is -0.308 e. The first-order chi connectivity index (χ1) is 10.6. The highest BCUT2D eigenvalue weighted by molar-refractivity contribution is 5.20. The largest absolute Gasteiger partial charge is 0.308 e. The van der Waals surface area contributed by atoms with Gasteiger partial charge in [-0.3, -0.25) is 0 Å². The molecule has 0 N–H and O–H groups in total. The second kappa shape index (κ2) is 5.33. The summed E-state index contributed by atoms with van der Waals surface area (Å²) >= 11 is 0. The van der Waals surface area contributed by atoms with Gasteiger partial charge < -0.3 is 4.74 Å². The first-order valence-electron chi connectivity index (χ1n) is 8.70. The van der Waals surface area contributed by atoms with Gasteiger partial charge in [-0.05, 0) is 44.9 Å². The molecule has 2 aliphatic carbocycles. The third-order valence-corrected chi connectivity index (χ3v) is 5.93. The van der Waals surface area contributed by atoms with Gasteiger partial charge in [0.15, 0.2) is 0 Å². The van der Waals surface area contributed by atoms with E-state index in [0.29, 0.717) is 5.92 Å². The van der Waals surface area contributed by atoms with E-state index in [1.807, 2.05) is 37.3 Å². The molecule has 1 saturated heterocycles. The maximum Gasteiger partial charge on any atom is 0.227 e. The van der Waals surface area contributed by atoms with Crippen LogP contribution in [-0.4, -0.2) is 5.79 Å². The first kappa shape index (κ1) is 14.7. The Morgan fingerprint density at radius 2 is 1.59 bits per heavy atom. The minimum absolute atomic E-state index is 0.432. The Morgan fingerprint density at radius 3 is 2.27 bits per heavy atom. The Bertz CT molecular complexity index is 519. The molecule has 1 heterocycles. The second-order valence-electron chi connectivity index (χ2n) is 7.66. The molecule has 2 unspecified atom stereocenters. The highest BCUT2D eigenvalue weighted by Crippen LogP contribution is 2.51. The van der Waals surface area contributed by atoms with Crippen molar-refractivity contribution in [3.63, 3.8) is 0 Å². The normalized spacial score (nSPS) is 44.9. The van der Waals surface area contributed by atoms with E-state index in [9.17, 15) is 0 Å². The summed E-state index contributed by atoms with van der Waals surface area (Å²) in [6.07, 6.45) is 7.98. The summed E-state index contributed by atoms with van der Waals surface area (Å²) < 4.78 is 6.38. The van der Waals surface area contributed by atoms with Gasteiger partial charge in [-0.2, -0.15) is 9.78 Å². The van der Waals surface area contributed by atoms with E-state index in [1.54, 1.807) is 0 Å². The van der Waals surface area contributed by atoms with Crippen molar-refractivity contribution in [3.05, 3.63) is 35.9 Å². The molecule has 2 saturated carbocycles. The Morgan fingerprint density at radius 1 is 0.909 bits per heavy atom. The summed E-state index contributed by atoms with van der Waals surface area (Å²) in [6, 6.07) is 10.1. The summed E-state index contributed by atoms with van der Waals surface area (Å²) in [5, 5.41) is 0. The van der Waals surface area contributed by atoms with E-state index >= 15 is 0 Å². The molecule has 4 rings (SSSR count). The van der Waals surface area contributed by atoms with Crippen LogP contribution in [0.15, 0.2) is 30.3 Å². The maximum absolute atomic E-state index is 6.38. The molecule has 1 aliphatic heterocycles. The van der Waals surface area contributed by atoms with Gasteiger partial charge in [0, 0.05) is 11.5 Å². The molecular weight excluding hydrogens is 276 g/mol. The molecule has 22 heavy (non-hydrogen) atoms. The molecule has 3 heteroatoms. The molecule has 0 aromatic heterocycles. The molecule has 4 atom stereocenters. The van der Waals surface area contributed by atoms with Crippen LogP contribution in [0, 0.1) is 17.8 Å². The molecule has 120 valence electrons. The van der Waals surface area contributed by atoms with Gasteiger partial charge in [-0.15, -0.1) is 0 Å². The van der Waals surface area contributed by atoms with Crippen LogP contribution in [0.1, 0.15) is 57.9 Å². The van der Waals surface area contributed by atoms with Gasteiger partial charge in [-0.25, -0.2) is 0 Å². The van der Waals surface area contributed by atoms with Gasteiger partial charge in [0.2, 0.25) is 11.6 Å². The molecule has 1 aromatic rings. The standard InChI is InChI=1S/C19H26O3/c1-18(16-9-4-3-5-10-16)20-19(2,22-21-18)17-12-14-7-6-8-15(11-14)13-17/h3-5,9-10,14-15,17H,6-8,11-13H2,1-2H3/t14?,15?,17?,18-,19+/m1/s1. The Labute approximate surface area is 132 Å². The third kappa shape index (κ3) is 2.49. The van der Waals surface area contributed by atoms with Gasteiger partial charge >= 0.3 is 0 Å². The zero-order valence-corrected chi connectivity index (χ0v) is 13.6. The molecule has 3 fully saturated rings. The Balaban J connectivity index is 1.53. The number of benzene rings is 1. The number of hydrogen-bond donors (Lipinski definition) is 0. The van der Waals surface area contributed by atoms with Gasteiger partial charge in [0.05, 0.1) is 0 Å². The van der Waals surface area contributed by atoms with Gasteiger partial charge in [-0.1, -0.05) is 49.6 Å². The Kier molecular flexibility index (Phi) is 3.55. The number of hydrogen-bond acceptors (Lipinski definition) is 3. The average molecular weight is 302 g/mol. The van der Waals surface area contributed by atoms with Crippen molar-refractivity contribution in [2.75, 3.05) is 0 Å². The molecular formula is C19H26O3. The fourth-order valence-electron chi connectivity index (χ4n) is 4.74. The van der Waals surface area contributed by atoms with Crippen molar-refractivity contribution in [3.8, 4) is 0 Å². The summed E-state index contributed by atoms with van der Waals surface area (Å²) in [5.74, 6) is 0.707. The highest BCUT2D eigenvalue weighted by Gasteiger charge is 2.54. The van der Waals surface area contributed by atoms with E-state index in [4.69, 9.17) is 14.5 Å². The smallest absolute Gasteiger partial charge is 0.227 e. The predicted molar refractivity (Wildman–Crippen MR) is 83.6 cm³/mol. The monoisotopic (exact) mass is 302 g/mol. The summed E-state index contributed by atoms with van der Waals surface area (Å²) in [6.45, 7) is 4.02. The van der Waals surface area contributed by atoms with Crippen molar-refractivity contribution in [1.29, 1.82) is 0 Å². The average Bonchev–Trinajstić information content (AvgIpc) is 2.86. The van der Waals surface area contributed by atoms with Crippen LogP contribution in [-0.2, 0) is 20.3 Å². The molecule has 0 radical (unpaired) electrons. The minimum atomic E-state index is -0.803. The van der Waals surface area contributed by atoms with Crippen molar-refractivity contribution < 1.29 is 14.5 Å². The summed E-state index contributed by atoms with van der Waals surface area (Å²) in [5.41, 5.74) is 1.01. The van der Waals surface area contributed by atoms with Crippen molar-refractivity contribution in [1.82, 2.24) is 0 Å². The first-order valence-corrected chi connectivity index (χ1v) is 8.70. The zero-order valence-electron chi connectivity index (χ0n) is 13.6. The Hall–Kier alpha value is -0.900.